The quantitative estimate of drug-likeness (QED) is 0.312. The van der Waals surface area contributed by atoms with Crippen molar-refractivity contribution in [3.05, 3.63) is 46.2 Å². The SMILES string of the molecule is COC[C@H]1O[C@@H](S)[C@@H](N=C(C)C2=C(O)CC(C)(C)CC2=O)[C@@H](OC(=O)c2ccc(Cl)cc2)[C@@H]1OC. The molecule has 8 nitrogen and oxygen atoms in total. The van der Waals surface area contributed by atoms with Crippen LogP contribution >= 0.6 is 24.2 Å². The molecule has 3 rings (SSSR count). The summed E-state index contributed by atoms with van der Waals surface area (Å²) in [6.07, 6.45) is -1.56. The number of allylic oxidation sites excluding steroid dienone is 2. The Kier molecular flexibility index (Phi) is 9.04. The molecule has 1 N–H and O–H groups in total. The van der Waals surface area contributed by atoms with Crippen LogP contribution in [-0.4, -0.2) is 73.2 Å². The molecule has 0 aromatic heterocycles. The lowest BCUT2D eigenvalue weighted by Gasteiger charge is -2.43. The van der Waals surface area contributed by atoms with Crippen LogP contribution in [-0.2, 0) is 23.7 Å². The molecule has 2 aliphatic rings. The lowest BCUT2D eigenvalue weighted by atomic mass is 9.75. The number of hydrogen-bond acceptors (Lipinski definition) is 9. The van der Waals surface area contributed by atoms with Gasteiger partial charge < -0.3 is 24.1 Å². The molecule has 1 heterocycles. The van der Waals surface area contributed by atoms with Crippen LogP contribution in [0.4, 0.5) is 0 Å². The van der Waals surface area contributed by atoms with Crippen molar-refractivity contribution >= 4 is 41.7 Å². The fraction of sp³-hybridized carbons (Fsp3) is 0.560. The van der Waals surface area contributed by atoms with E-state index in [1.807, 2.05) is 13.8 Å². The number of aliphatic imine (C=N–C) groups is 1. The third-order valence-electron chi connectivity index (χ3n) is 6.12. The number of ketones is 1. The second-order valence-electron chi connectivity index (χ2n) is 9.57. The van der Waals surface area contributed by atoms with Gasteiger partial charge in [-0.2, -0.15) is 0 Å². The second kappa shape index (κ2) is 11.4. The minimum Gasteiger partial charge on any atom is -0.511 e. The van der Waals surface area contributed by atoms with Gasteiger partial charge in [-0.3, -0.25) is 9.79 Å². The van der Waals surface area contributed by atoms with Crippen molar-refractivity contribution in [2.45, 2.75) is 63.4 Å². The smallest absolute Gasteiger partial charge is 0.338 e. The zero-order valence-corrected chi connectivity index (χ0v) is 22.1. The maximum Gasteiger partial charge on any atom is 0.338 e. The Bertz CT molecular complexity index is 1010. The number of aliphatic hydroxyl groups excluding tert-OH is 1. The Morgan fingerprint density at radius 1 is 1.23 bits per heavy atom. The molecule has 1 aliphatic carbocycles. The van der Waals surface area contributed by atoms with Crippen molar-refractivity contribution in [1.29, 1.82) is 0 Å². The van der Waals surface area contributed by atoms with Crippen LogP contribution in [0.25, 0.3) is 0 Å². The summed E-state index contributed by atoms with van der Waals surface area (Å²) in [7, 11) is 3.01. The van der Waals surface area contributed by atoms with E-state index in [1.54, 1.807) is 31.2 Å². The predicted molar refractivity (Wildman–Crippen MR) is 136 cm³/mol. The van der Waals surface area contributed by atoms with E-state index in [9.17, 15) is 14.7 Å². The molecule has 0 unspecified atom stereocenters. The molecule has 0 amide bonds. The number of carbonyl (C=O) groups is 2. The minimum absolute atomic E-state index is 0.00444. The summed E-state index contributed by atoms with van der Waals surface area (Å²) in [4.78, 5) is 30.5. The van der Waals surface area contributed by atoms with Gasteiger partial charge in [-0.1, -0.05) is 25.4 Å². The van der Waals surface area contributed by atoms with E-state index >= 15 is 0 Å². The topological polar surface area (TPSA) is 104 Å². The van der Waals surface area contributed by atoms with Gasteiger partial charge in [-0.15, -0.1) is 12.6 Å². The third kappa shape index (κ3) is 6.46. The van der Waals surface area contributed by atoms with Gasteiger partial charge in [0.15, 0.2) is 11.9 Å². The molecule has 1 aromatic carbocycles. The lowest BCUT2D eigenvalue weighted by Crippen LogP contribution is -2.59. The van der Waals surface area contributed by atoms with Crippen molar-refractivity contribution < 1.29 is 33.6 Å². The predicted octanol–water partition coefficient (Wildman–Crippen LogP) is 4.21. The molecule has 0 spiro atoms. The molecule has 1 fully saturated rings. The van der Waals surface area contributed by atoms with E-state index in [1.165, 1.54) is 14.2 Å². The number of methoxy groups -OCH3 is 2. The zero-order valence-electron chi connectivity index (χ0n) is 20.5. The number of nitrogens with zero attached hydrogens (tertiary/aromatic N) is 1. The average molecular weight is 526 g/mol. The summed E-state index contributed by atoms with van der Waals surface area (Å²) >= 11 is 10.5. The molecule has 0 bridgehead atoms. The van der Waals surface area contributed by atoms with Gasteiger partial charge in [0.2, 0.25) is 0 Å². The number of ether oxygens (including phenoxy) is 4. The maximum absolute atomic E-state index is 13.0. The van der Waals surface area contributed by atoms with E-state index in [4.69, 9.17) is 30.5 Å². The molecule has 0 radical (unpaired) electrons. The van der Waals surface area contributed by atoms with Crippen LogP contribution in [0, 0.1) is 5.41 Å². The van der Waals surface area contributed by atoms with Crippen LogP contribution in [0.1, 0.15) is 44.0 Å². The number of Topliss-reactive ketones (excluding diaryl/α,β-unsaturated/α-hetero) is 1. The Morgan fingerprint density at radius 2 is 1.89 bits per heavy atom. The third-order valence-corrected chi connectivity index (χ3v) is 6.80. The molecule has 5 atom stereocenters. The van der Waals surface area contributed by atoms with E-state index in [0.29, 0.717) is 22.7 Å². The number of aliphatic hydroxyl groups is 1. The van der Waals surface area contributed by atoms with Crippen LogP contribution in [0.15, 0.2) is 40.6 Å². The van der Waals surface area contributed by atoms with Crippen LogP contribution in [0.3, 0.4) is 0 Å². The number of esters is 1. The fourth-order valence-electron chi connectivity index (χ4n) is 4.53. The molecule has 1 aromatic rings. The summed E-state index contributed by atoms with van der Waals surface area (Å²) < 4.78 is 22.8. The highest BCUT2D eigenvalue weighted by Crippen LogP contribution is 2.37. The number of rotatable bonds is 7. The van der Waals surface area contributed by atoms with E-state index in [0.717, 1.165) is 0 Å². The van der Waals surface area contributed by atoms with Crippen LogP contribution < -0.4 is 0 Å². The first-order valence-electron chi connectivity index (χ1n) is 11.3. The second-order valence-corrected chi connectivity index (χ2v) is 10.5. The van der Waals surface area contributed by atoms with Gasteiger partial charge in [0, 0.05) is 37.8 Å². The first kappa shape index (κ1) is 27.7. The van der Waals surface area contributed by atoms with Crippen molar-refractivity contribution in [3.63, 3.8) is 0 Å². The van der Waals surface area contributed by atoms with Crippen LogP contribution in [0.5, 0.6) is 0 Å². The van der Waals surface area contributed by atoms with Gasteiger partial charge in [0.05, 0.1) is 17.7 Å². The van der Waals surface area contributed by atoms with Gasteiger partial charge in [-0.25, -0.2) is 4.79 Å². The van der Waals surface area contributed by atoms with Crippen molar-refractivity contribution in [3.8, 4) is 0 Å². The Balaban J connectivity index is 1.98. The average Bonchev–Trinajstić information content (AvgIpc) is 2.75. The van der Waals surface area contributed by atoms with E-state index in [2.05, 4.69) is 17.6 Å². The molecule has 1 saturated heterocycles. The number of benzene rings is 1. The molecular weight excluding hydrogens is 494 g/mol. The largest absolute Gasteiger partial charge is 0.511 e. The Labute approximate surface area is 216 Å². The van der Waals surface area contributed by atoms with Crippen LogP contribution in [0.2, 0.25) is 5.02 Å². The molecule has 0 saturated carbocycles. The highest BCUT2D eigenvalue weighted by molar-refractivity contribution is 7.80. The molecular formula is C25H32ClNO7S. The van der Waals surface area contributed by atoms with Gasteiger partial charge in [0.25, 0.3) is 0 Å². The number of carbonyl (C=O) groups excluding carboxylic acids is 2. The summed E-state index contributed by atoms with van der Waals surface area (Å²) in [5.74, 6) is -0.791. The molecule has 35 heavy (non-hydrogen) atoms. The summed E-state index contributed by atoms with van der Waals surface area (Å²) in [6.45, 7) is 5.67. The van der Waals surface area contributed by atoms with E-state index in [-0.39, 0.29) is 35.6 Å². The monoisotopic (exact) mass is 525 g/mol. The standard InChI is InChI=1S/C25H32ClNO7S/c1-13(19-16(28)10-25(2,3)11-17(19)29)27-20-22(21(32-5)18(12-31-4)33-24(20)35)34-23(30)14-6-8-15(26)9-7-14/h6-9,18,20-22,24,28,35H,10-12H2,1-5H3/t18-,20+,21-,22-,24+/m1/s1. The fourth-order valence-corrected chi connectivity index (χ4v) is 5.05. The summed E-state index contributed by atoms with van der Waals surface area (Å²) in [5.41, 5.74) is -0.323. The van der Waals surface area contributed by atoms with Crippen molar-refractivity contribution in [2.24, 2.45) is 10.4 Å². The number of hydrogen-bond donors (Lipinski definition) is 2. The lowest BCUT2D eigenvalue weighted by molar-refractivity contribution is -0.180. The molecule has 1 aliphatic heterocycles. The van der Waals surface area contributed by atoms with Gasteiger partial charge in [-0.05, 0) is 36.6 Å². The Morgan fingerprint density at radius 3 is 2.46 bits per heavy atom. The summed E-state index contributed by atoms with van der Waals surface area (Å²) in [5, 5.41) is 11.1. The normalized spacial score (nSPS) is 29.3. The minimum atomic E-state index is -0.910. The van der Waals surface area contributed by atoms with Crippen molar-refractivity contribution in [1.82, 2.24) is 0 Å². The number of halogens is 1. The first-order valence-corrected chi connectivity index (χ1v) is 12.2. The highest BCUT2D eigenvalue weighted by Gasteiger charge is 2.48. The van der Waals surface area contributed by atoms with E-state index < -0.39 is 35.8 Å². The van der Waals surface area contributed by atoms with Gasteiger partial charge in [0.1, 0.15) is 29.4 Å². The zero-order chi connectivity index (χ0) is 25.9. The van der Waals surface area contributed by atoms with Gasteiger partial charge >= 0.3 is 5.97 Å². The summed E-state index contributed by atoms with van der Waals surface area (Å²) in [6, 6.07) is 5.49. The molecule has 10 heteroatoms. The first-order chi connectivity index (χ1) is 16.5. The molecule has 192 valence electrons. The Hall–Kier alpha value is -1.91. The maximum atomic E-state index is 13.0. The van der Waals surface area contributed by atoms with Crippen molar-refractivity contribution in [2.75, 3.05) is 20.8 Å². The highest BCUT2D eigenvalue weighted by atomic mass is 35.5. The number of thiol groups is 1.